The molecule has 2 N–H and O–H groups in total. The molecule has 212 valence electrons. The quantitative estimate of drug-likeness (QED) is 0.425. The highest BCUT2D eigenvalue weighted by Gasteiger charge is 2.50. The highest BCUT2D eigenvalue weighted by molar-refractivity contribution is 5.98. The summed E-state index contributed by atoms with van der Waals surface area (Å²) in [7, 11) is 0. The molecule has 2 aliphatic rings. The fraction of sp³-hybridized carbons (Fsp3) is 0.400. The Hall–Kier alpha value is -4.14. The van der Waals surface area contributed by atoms with E-state index < -0.39 is 58.5 Å². The summed E-state index contributed by atoms with van der Waals surface area (Å²) in [6, 6.07) is 0.393. The Morgan fingerprint density at radius 1 is 1.18 bits per heavy atom. The number of anilines is 1. The molecule has 1 aliphatic carbocycles. The predicted molar refractivity (Wildman–Crippen MR) is 131 cm³/mol. The number of fused-ring (bicyclic) bond motifs is 1. The van der Waals surface area contributed by atoms with Crippen molar-refractivity contribution in [1.82, 2.24) is 24.8 Å². The molecule has 10 nitrogen and oxygen atoms in total. The van der Waals surface area contributed by atoms with Crippen molar-refractivity contribution in [2.75, 3.05) is 31.1 Å². The van der Waals surface area contributed by atoms with Gasteiger partial charge in [0.1, 0.15) is 23.2 Å². The van der Waals surface area contributed by atoms with Gasteiger partial charge in [-0.25, -0.2) is 23.5 Å². The van der Waals surface area contributed by atoms with E-state index in [-0.39, 0.29) is 49.4 Å². The number of amides is 3. The number of urea groups is 1. The van der Waals surface area contributed by atoms with Gasteiger partial charge in [-0.15, -0.1) is 0 Å². The van der Waals surface area contributed by atoms with Crippen molar-refractivity contribution in [3.05, 3.63) is 58.0 Å². The van der Waals surface area contributed by atoms with Crippen LogP contribution < -0.4 is 15.6 Å². The molecule has 5 rings (SSSR count). The minimum atomic E-state index is -4.75. The Morgan fingerprint density at radius 3 is 2.58 bits per heavy atom. The third kappa shape index (κ3) is 5.20. The Morgan fingerprint density at radius 2 is 1.93 bits per heavy atom. The van der Waals surface area contributed by atoms with Gasteiger partial charge in [-0.05, 0) is 37.3 Å². The molecule has 2 fully saturated rings. The van der Waals surface area contributed by atoms with Gasteiger partial charge in [-0.1, -0.05) is 0 Å². The van der Waals surface area contributed by atoms with Crippen LogP contribution >= 0.6 is 0 Å². The van der Waals surface area contributed by atoms with Crippen LogP contribution in [0.2, 0.25) is 0 Å². The van der Waals surface area contributed by atoms with E-state index in [2.05, 4.69) is 9.97 Å². The lowest BCUT2D eigenvalue weighted by atomic mass is 10.1. The van der Waals surface area contributed by atoms with E-state index in [1.54, 1.807) is 0 Å². The summed E-state index contributed by atoms with van der Waals surface area (Å²) in [5, 5.41) is 10.9. The van der Waals surface area contributed by atoms with Crippen LogP contribution in [0.3, 0.4) is 0 Å². The molecular weight excluding hydrogens is 543 g/mol. The SMILES string of the molecule is O=C(N[C@H](C1CC1)C(F)(F)F)c1cn(-c2ncc(F)cc2F)c2nc(N3CCCN(CCO)C3=O)ccc2c1=O. The second-order valence-corrected chi connectivity index (χ2v) is 9.57. The second kappa shape index (κ2) is 10.4. The van der Waals surface area contributed by atoms with Crippen LogP contribution in [0.15, 0.2) is 35.4 Å². The molecule has 0 aromatic carbocycles. The van der Waals surface area contributed by atoms with Crippen LogP contribution in [0.1, 0.15) is 29.6 Å². The molecule has 3 aromatic heterocycles. The number of halogens is 5. The molecular formula is C25H23F5N6O4. The average Bonchev–Trinajstić information content (AvgIpc) is 3.73. The molecule has 0 radical (unpaired) electrons. The summed E-state index contributed by atoms with van der Waals surface area (Å²) in [5.41, 5.74) is -1.97. The Balaban J connectivity index is 1.64. The topological polar surface area (TPSA) is 121 Å². The summed E-state index contributed by atoms with van der Waals surface area (Å²) in [5.74, 6) is -4.88. The smallest absolute Gasteiger partial charge is 0.395 e. The van der Waals surface area contributed by atoms with E-state index in [1.807, 2.05) is 5.32 Å². The van der Waals surface area contributed by atoms with Crippen molar-refractivity contribution in [1.29, 1.82) is 0 Å². The number of aliphatic hydroxyl groups is 1. The first-order valence-corrected chi connectivity index (χ1v) is 12.4. The van der Waals surface area contributed by atoms with E-state index in [1.165, 1.54) is 21.9 Å². The lowest BCUT2D eigenvalue weighted by Gasteiger charge is -2.34. The molecule has 15 heteroatoms. The highest BCUT2D eigenvalue weighted by Crippen LogP contribution is 2.40. The molecule has 1 atom stereocenters. The van der Waals surface area contributed by atoms with Crippen LogP contribution in [-0.4, -0.2) is 74.9 Å². The summed E-state index contributed by atoms with van der Waals surface area (Å²) in [4.78, 5) is 50.0. The standard InChI is InChI=1S/C25H23F5N6O4/c26-14-10-17(27)22(31-11-14)36-12-16(23(39)33-20(13-2-3-13)25(28,29)30)19(38)15-4-5-18(32-21(15)36)35-7-1-6-34(8-9-37)24(35)40/h4-5,10-13,20,37H,1-3,6-9H2,(H,33,39)/t20-/m1/s1. The average molecular weight is 566 g/mol. The summed E-state index contributed by atoms with van der Waals surface area (Å²) in [6.45, 7) is 0.460. The number of carbonyl (C=O) groups is 2. The van der Waals surface area contributed by atoms with Crippen molar-refractivity contribution in [3.8, 4) is 5.82 Å². The van der Waals surface area contributed by atoms with Crippen molar-refractivity contribution >= 4 is 28.8 Å². The van der Waals surface area contributed by atoms with Gasteiger partial charge in [0.15, 0.2) is 17.3 Å². The number of hydrogen-bond acceptors (Lipinski definition) is 6. The van der Waals surface area contributed by atoms with Gasteiger partial charge in [-0.3, -0.25) is 19.1 Å². The zero-order chi connectivity index (χ0) is 28.8. The number of aliphatic hydroxyl groups excluding tert-OH is 1. The normalized spacial score (nSPS) is 16.9. The molecule has 0 spiro atoms. The number of rotatable bonds is 7. The number of hydrogen-bond donors (Lipinski definition) is 2. The molecule has 1 saturated carbocycles. The van der Waals surface area contributed by atoms with Crippen molar-refractivity contribution in [2.45, 2.75) is 31.5 Å². The van der Waals surface area contributed by atoms with Gasteiger partial charge in [0.25, 0.3) is 5.91 Å². The number of nitrogens with zero attached hydrogens (tertiary/aromatic N) is 5. The minimum Gasteiger partial charge on any atom is -0.395 e. The second-order valence-electron chi connectivity index (χ2n) is 9.57. The monoisotopic (exact) mass is 566 g/mol. The first-order chi connectivity index (χ1) is 19.0. The molecule has 0 bridgehead atoms. The van der Waals surface area contributed by atoms with Gasteiger partial charge in [-0.2, -0.15) is 13.2 Å². The number of carbonyl (C=O) groups excluding carboxylic acids is 2. The number of β-amino-alcohol motifs (C(OH)–C–C–N with tert-alkyl or cyclic N) is 1. The molecule has 40 heavy (non-hydrogen) atoms. The first-order valence-electron chi connectivity index (χ1n) is 12.4. The van der Waals surface area contributed by atoms with Gasteiger partial charge in [0.05, 0.1) is 18.2 Å². The lowest BCUT2D eigenvalue weighted by Crippen LogP contribution is -2.50. The van der Waals surface area contributed by atoms with Crippen molar-refractivity contribution < 1.29 is 36.6 Å². The Kier molecular flexibility index (Phi) is 7.16. The maximum Gasteiger partial charge on any atom is 0.408 e. The van der Waals surface area contributed by atoms with Gasteiger partial charge in [0, 0.05) is 31.9 Å². The molecule has 3 aromatic rings. The summed E-state index contributed by atoms with van der Waals surface area (Å²) < 4.78 is 70.0. The van der Waals surface area contributed by atoms with E-state index in [0.29, 0.717) is 25.2 Å². The third-order valence-corrected chi connectivity index (χ3v) is 6.79. The maximum atomic E-state index is 14.9. The number of pyridine rings is 3. The predicted octanol–water partition coefficient (Wildman–Crippen LogP) is 2.75. The Labute approximate surface area is 223 Å². The number of nitrogens with one attached hydrogen (secondary N) is 1. The van der Waals surface area contributed by atoms with Gasteiger partial charge >= 0.3 is 12.2 Å². The Bertz CT molecular complexity index is 1540. The van der Waals surface area contributed by atoms with Crippen LogP contribution in [0.5, 0.6) is 0 Å². The van der Waals surface area contributed by atoms with Crippen LogP contribution in [0.4, 0.5) is 32.6 Å². The van der Waals surface area contributed by atoms with Crippen molar-refractivity contribution in [3.63, 3.8) is 0 Å². The molecule has 3 amide bonds. The van der Waals surface area contributed by atoms with E-state index in [9.17, 15) is 41.4 Å². The van der Waals surface area contributed by atoms with Crippen molar-refractivity contribution in [2.24, 2.45) is 5.92 Å². The molecule has 1 aliphatic heterocycles. The zero-order valence-corrected chi connectivity index (χ0v) is 20.8. The van der Waals surface area contributed by atoms with Crippen LogP contribution in [0, 0.1) is 17.6 Å². The van der Waals surface area contributed by atoms with E-state index in [0.717, 1.165) is 10.8 Å². The van der Waals surface area contributed by atoms with Gasteiger partial charge in [0.2, 0.25) is 5.43 Å². The third-order valence-electron chi connectivity index (χ3n) is 6.79. The summed E-state index contributed by atoms with van der Waals surface area (Å²) >= 11 is 0. The molecule has 1 saturated heterocycles. The summed E-state index contributed by atoms with van der Waals surface area (Å²) in [6.07, 6.45) is -2.22. The fourth-order valence-corrected chi connectivity index (χ4v) is 4.69. The first kappa shape index (κ1) is 27.4. The molecule has 4 heterocycles. The molecule has 0 unspecified atom stereocenters. The minimum absolute atomic E-state index is 0.0545. The van der Waals surface area contributed by atoms with Crippen LogP contribution in [0.25, 0.3) is 16.9 Å². The number of aromatic nitrogens is 3. The van der Waals surface area contributed by atoms with Crippen LogP contribution in [-0.2, 0) is 0 Å². The largest absolute Gasteiger partial charge is 0.408 e. The van der Waals surface area contributed by atoms with E-state index >= 15 is 0 Å². The lowest BCUT2D eigenvalue weighted by molar-refractivity contribution is -0.158. The van der Waals surface area contributed by atoms with E-state index in [4.69, 9.17) is 0 Å². The highest BCUT2D eigenvalue weighted by atomic mass is 19.4. The van der Waals surface area contributed by atoms with Gasteiger partial charge < -0.3 is 15.3 Å². The zero-order valence-electron chi connectivity index (χ0n) is 20.8. The fourth-order valence-electron chi connectivity index (χ4n) is 4.69. The maximum absolute atomic E-state index is 14.9. The number of alkyl halides is 3.